The zero-order chi connectivity index (χ0) is 24.2. The van der Waals surface area contributed by atoms with Crippen molar-refractivity contribution in [3.8, 4) is 28.5 Å². The lowest BCUT2D eigenvalue weighted by molar-refractivity contribution is -0.118. The summed E-state index contributed by atoms with van der Waals surface area (Å²) in [6, 6.07) is 24.6. The molecule has 35 heavy (non-hydrogen) atoms. The van der Waals surface area contributed by atoms with Crippen molar-refractivity contribution in [2.24, 2.45) is 0 Å². The first-order valence-electron chi connectivity index (χ1n) is 11.3. The Hall–Kier alpha value is -4.59. The predicted octanol–water partition coefficient (Wildman–Crippen LogP) is 4.99. The second-order valence-corrected chi connectivity index (χ2v) is 8.34. The molecule has 5 rings (SSSR count). The molecule has 0 radical (unpaired) electrons. The molecule has 0 saturated heterocycles. The number of carbonyl (C=O) groups is 1. The number of rotatable bonds is 7. The summed E-state index contributed by atoms with van der Waals surface area (Å²) in [5.41, 5.74) is 4.60. The molecule has 2 aromatic carbocycles. The van der Waals surface area contributed by atoms with Gasteiger partial charge in [0.25, 0.3) is 5.91 Å². The molecule has 0 spiro atoms. The average Bonchev–Trinajstić information content (AvgIpc) is 3.31. The van der Waals surface area contributed by atoms with Crippen LogP contribution in [0.5, 0.6) is 5.75 Å². The van der Waals surface area contributed by atoms with E-state index in [0.29, 0.717) is 34.5 Å². The van der Waals surface area contributed by atoms with Crippen molar-refractivity contribution in [1.29, 1.82) is 0 Å². The van der Waals surface area contributed by atoms with Crippen LogP contribution in [-0.4, -0.2) is 37.3 Å². The number of aromatic nitrogens is 5. The number of fused-ring (bicyclic) bond motifs is 1. The van der Waals surface area contributed by atoms with Crippen LogP contribution >= 0.6 is 0 Å². The molecule has 5 aromatic rings. The maximum atomic E-state index is 12.6. The second kappa shape index (κ2) is 9.72. The standard InChI is InChI=1S/C27H24N6O2/c1-18(2)21-10-3-4-12-24(21)35-17-26(34)29-20-9-7-8-19(16-20)22-13-14-25-30-31-27(33(25)32-22)23-11-5-6-15-28-23/h3-16,18H,17H2,1-2H3,(H,29,34). The Kier molecular flexibility index (Phi) is 6.17. The summed E-state index contributed by atoms with van der Waals surface area (Å²) in [6.07, 6.45) is 1.71. The van der Waals surface area contributed by atoms with Crippen molar-refractivity contribution in [3.05, 3.63) is 90.6 Å². The number of ether oxygens (including phenoxy) is 1. The molecule has 8 nitrogen and oxygen atoms in total. The van der Waals surface area contributed by atoms with E-state index in [4.69, 9.17) is 9.84 Å². The SMILES string of the molecule is CC(C)c1ccccc1OCC(=O)Nc1cccc(-c2ccc3nnc(-c4ccccn4)n3n2)c1. The van der Waals surface area contributed by atoms with Crippen molar-refractivity contribution in [2.75, 3.05) is 11.9 Å². The molecule has 8 heteroatoms. The Morgan fingerprint density at radius 2 is 1.80 bits per heavy atom. The van der Waals surface area contributed by atoms with Crippen LogP contribution in [0.15, 0.2) is 85.1 Å². The molecule has 0 atom stereocenters. The van der Waals surface area contributed by atoms with Crippen LogP contribution in [0.1, 0.15) is 25.3 Å². The summed E-state index contributed by atoms with van der Waals surface area (Å²) in [6.45, 7) is 4.11. The first-order valence-corrected chi connectivity index (χ1v) is 11.3. The maximum Gasteiger partial charge on any atom is 0.262 e. The Morgan fingerprint density at radius 1 is 0.943 bits per heavy atom. The lowest BCUT2D eigenvalue weighted by atomic mass is 10.0. The molecular formula is C27H24N6O2. The van der Waals surface area contributed by atoms with Crippen LogP contribution < -0.4 is 10.1 Å². The number of pyridine rings is 1. The van der Waals surface area contributed by atoms with Gasteiger partial charge in [0.05, 0.1) is 5.69 Å². The number of hydrogen-bond acceptors (Lipinski definition) is 6. The molecule has 3 aromatic heterocycles. The maximum absolute atomic E-state index is 12.6. The lowest BCUT2D eigenvalue weighted by Gasteiger charge is -2.14. The third-order valence-corrected chi connectivity index (χ3v) is 5.50. The smallest absolute Gasteiger partial charge is 0.262 e. The van der Waals surface area contributed by atoms with Crippen molar-refractivity contribution < 1.29 is 9.53 Å². The molecule has 1 amide bonds. The van der Waals surface area contributed by atoms with E-state index in [1.165, 1.54) is 0 Å². The minimum absolute atomic E-state index is 0.0771. The van der Waals surface area contributed by atoms with Crippen LogP contribution in [0.2, 0.25) is 0 Å². The number of hydrogen-bond donors (Lipinski definition) is 1. The fourth-order valence-corrected chi connectivity index (χ4v) is 3.78. The van der Waals surface area contributed by atoms with Gasteiger partial charge in [-0.3, -0.25) is 9.78 Å². The van der Waals surface area contributed by atoms with Crippen LogP contribution in [0.4, 0.5) is 5.69 Å². The Labute approximate surface area is 202 Å². The summed E-state index contributed by atoms with van der Waals surface area (Å²) in [7, 11) is 0. The van der Waals surface area contributed by atoms with Gasteiger partial charge in [0, 0.05) is 17.4 Å². The molecule has 0 aliphatic rings. The second-order valence-electron chi connectivity index (χ2n) is 8.34. The van der Waals surface area contributed by atoms with Gasteiger partial charge < -0.3 is 10.1 Å². The molecule has 0 aliphatic carbocycles. The van der Waals surface area contributed by atoms with Crippen LogP contribution in [0.3, 0.4) is 0 Å². The summed E-state index contributed by atoms with van der Waals surface area (Å²) in [4.78, 5) is 16.9. The van der Waals surface area contributed by atoms with Crippen molar-refractivity contribution in [3.63, 3.8) is 0 Å². The first-order chi connectivity index (χ1) is 17.1. The van der Waals surface area contributed by atoms with Gasteiger partial charge in [0.2, 0.25) is 5.82 Å². The normalized spacial score (nSPS) is 11.1. The number of anilines is 1. The van der Waals surface area contributed by atoms with E-state index in [2.05, 4.69) is 34.3 Å². The highest BCUT2D eigenvalue weighted by atomic mass is 16.5. The molecule has 3 heterocycles. The zero-order valence-corrected chi connectivity index (χ0v) is 19.4. The highest BCUT2D eigenvalue weighted by molar-refractivity contribution is 5.92. The van der Waals surface area contributed by atoms with E-state index >= 15 is 0 Å². The van der Waals surface area contributed by atoms with Crippen molar-refractivity contribution in [1.82, 2.24) is 24.8 Å². The predicted molar refractivity (Wildman–Crippen MR) is 134 cm³/mol. The van der Waals surface area contributed by atoms with Crippen LogP contribution in [0, 0.1) is 0 Å². The molecular weight excluding hydrogens is 440 g/mol. The van der Waals surface area contributed by atoms with E-state index < -0.39 is 0 Å². The van der Waals surface area contributed by atoms with Gasteiger partial charge in [-0.05, 0) is 53.9 Å². The summed E-state index contributed by atoms with van der Waals surface area (Å²) < 4.78 is 7.46. The number of carbonyl (C=O) groups excluding carboxylic acids is 1. The zero-order valence-electron chi connectivity index (χ0n) is 19.4. The van der Waals surface area contributed by atoms with E-state index in [9.17, 15) is 4.79 Å². The monoisotopic (exact) mass is 464 g/mol. The Morgan fingerprint density at radius 3 is 2.63 bits per heavy atom. The van der Waals surface area contributed by atoms with Gasteiger partial charge in [-0.2, -0.15) is 9.61 Å². The van der Waals surface area contributed by atoms with Gasteiger partial charge >= 0.3 is 0 Å². The summed E-state index contributed by atoms with van der Waals surface area (Å²) >= 11 is 0. The molecule has 0 fully saturated rings. The lowest BCUT2D eigenvalue weighted by Crippen LogP contribution is -2.20. The fourth-order valence-electron chi connectivity index (χ4n) is 3.78. The van der Waals surface area contributed by atoms with E-state index in [1.807, 2.05) is 78.9 Å². The summed E-state index contributed by atoms with van der Waals surface area (Å²) in [5, 5.41) is 16.1. The van der Waals surface area contributed by atoms with Gasteiger partial charge in [-0.25, -0.2) is 0 Å². The fraction of sp³-hybridized carbons (Fsp3) is 0.148. The van der Waals surface area contributed by atoms with Crippen LogP contribution in [-0.2, 0) is 4.79 Å². The van der Waals surface area contributed by atoms with Crippen molar-refractivity contribution >= 4 is 17.2 Å². The highest BCUT2D eigenvalue weighted by Gasteiger charge is 2.13. The third kappa shape index (κ3) is 4.86. The molecule has 0 unspecified atom stereocenters. The van der Waals surface area contributed by atoms with Gasteiger partial charge in [-0.1, -0.05) is 50.2 Å². The van der Waals surface area contributed by atoms with E-state index in [1.54, 1.807) is 10.7 Å². The number of para-hydroxylation sites is 1. The quantitative estimate of drug-likeness (QED) is 0.365. The largest absolute Gasteiger partial charge is 0.483 e. The first kappa shape index (κ1) is 22.2. The Bertz CT molecular complexity index is 1480. The minimum atomic E-state index is -0.236. The summed E-state index contributed by atoms with van der Waals surface area (Å²) in [5.74, 6) is 1.35. The highest BCUT2D eigenvalue weighted by Crippen LogP contribution is 2.26. The molecule has 0 bridgehead atoms. The molecule has 174 valence electrons. The van der Waals surface area contributed by atoms with Gasteiger partial charge in [0.15, 0.2) is 12.3 Å². The number of nitrogens with zero attached hydrogens (tertiary/aromatic N) is 5. The average molecular weight is 465 g/mol. The Balaban J connectivity index is 1.33. The van der Waals surface area contributed by atoms with E-state index in [0.717, 1.165) is 16.9 Å². The molecule has 0 aliphatic heterocycles. The topological polar surface area (TPSA) is 94.3 Å². The minimum Gasteiger partial charge on any atom is -0.483 e. The van der Waals surface area contributed by atoms with Gasteiger partial charge in [-0.15, -0.1) is 10.2 Å². The number of nitrogens with one attached hydrogen (secondary N) is 1. The molecule has 1 N–H and O–H groups in total. The molecule has 0 saturated carbocycles. The number of amides is 1. The van der Waals surface area contributed by atoms with Gasteiger partial charge in [0.1, 0.15) is 11.4 Å². The number of benzene rings is 2. The van der Waals surface area contributed by atoms with Crippen molar-refractivity contribution in [2.45, 2.75) is 19.8 Å². The third-order valence-electron chi connectivity index (χ3n) is 5.50. The van der Waals surface area contributed by atoms with Crippen LogP contribution in [0.25, 0.3) is 28.4 Å². The van der Waals surface area contributed by atoms with E-state index in [-0.39, 0.29) is 12.5 Å².